The molecule has 2 aromatic rings. The molecule has 80 valence electrons. The number of H-pyrrole nitrogens is 1. The van der Waals surface area contributed by atoms with Crippen LogP contribution in [-0.4, -0.2) is 4.98 Å². The van der Waals surface area contributed by atoms with Crippen LogP contribution in [-0.2, 0) is 6.42 Å². The van der Waals surface area contributed by atoms with E-state index in [0.29, 0.717) is 0 Å². The second-order valence-electron chi connectivity index (χ2n) is 4.44. The van der Waals surface area contributed by atoms with Crippen LogP contribution in [0.5, 0.6) is 0 Å². The first kappa shape index (κ1) is 10.6. The molecule has 1 aromatic carbocycles. The van der Waals surface area contributed by atoms with Gasteiger partial charge < -0.3 is 4.98 Å². The number of hydrogen-bond acceptors (Lipinski definition) is 0. The van der Waals surface area contributed by atoms with Crippen LogP contribution in [0.1, 0.15) is 25.8 Å². The summed E-state index contributed by atoms with van der Waals surface area (Å²) in [7, 11) is 0. The van der Waals surface area contributed by atoms with Gasteiger partial charge in [-0.25, -0.2) is 0 Å². The third-order valence-electron chi connectivity index (χ3n) is 2.72. The van der Waals surface area contributed by atoms with Crippen molar-refractivity contribution in [2.45, 2.75) is 26.7 Å². The minimum Gasteiger partial charge on any atom is -0.361 e. The Labute approximate surface area is 95.5 Å². The van der Waals surface area contributed by atoms with Gasteiger partial charge in [-0.15, -0.1) is 0 Å². The number of hydrogen-bond donors (Lipinski definition) is 1. The average molecular weight is 222 g/mol. The fourth-order valence-corrected chi connectivity index (χ4v) is 1.97. The predicted molar refractivity (Wildman–Crippen MR) is 66.5 cm³/mol. The van der Waals surface area contributed by atoms with Gasteiger partial charge in [-0.3, -0.25) is 0 Å². The van der Waals surface area contributed by atoms with E-state index in [2.05, 4.69) is 25.0 Å². The molecule has 0 spiro atoms. The van der Waals surface area contributed by atoms with E-state index in [-0.39, 0.29) is 0 Å². The van der Waals surface area contributed by atoms with Crippen molar-refractivity contribution in [2.75, 3.05) is 0 Å². The lowest BCUT2D eigenvalue weighted by Gasteiger charge is -2.03. The summed E-state index contributed by atoms with van der Waals surface area (Å²) in [5, 5.41) is 2.08. The van der Waals surface area contributed by atoms with E-state index >= 15 is 0 Å². The van der Waals surface area contributed by atoms with Crippen molar-refractivity contribution in [1.29, 1.82) is 0 Å². The van der Waals surface area contributed by atoms with Gasteiger partial charge in [0.2, 0.25) is 0 Å². The van der Waals surface area contributed by atoms with Gasteiger partial charge in [0.05, 0.1) is 0 Å². The summed E-state index contributed by atoms with van der Waals surface area (Å²) >= 11 is 6.00. The van der Waals surface area contributed by atoms with Crippen LogP contribution in [0.25, 0.3) is 10.9 Å². The van der Waals surface area contributed by atoms with Crippen LogP contribution in [0, 0.1) is 5.92 Å². The molecule has 0 amide bonds. The lowest BCUT2D eigenvalue weighted by molar-refractivity contribution is 0.588. The number of nitrogens with one attached hydrogen (secondary N) is 1. The summed E-state index contributed by atoms with van der Waals surface area (Å²) < 4.78 is 0. The molecule has 2 rings (SSSR count). The number of benzene rings is 1. The van der Waals surface area contributed by atoms with E-state index in [0.717, 1.165) is 17.4 Å². The SMILES string of the molecule is CC(C)CCc1c[nH]c2ccc(Cl)cc12. The maximum Gasteiger partial charge on any atom is 0.0457 e. The molecule has 2 heteroatoms. The standard InChI is InChI=1S/C13H16ClN/c1-9(2)3-4-10-8-15-13-6-5-11(14)7-12(10)13/h5-9,15H,3-4H2,1-2H3. The quantitative estimate of drug-likeness (QED) is 0.790. The molecule has 0 aliphatic carbocycles. The van der Waals surface area contributed by atoms with E-state index < -0.39 is 0 Å². The highest BCUT2D eigenvalue weighted by Crippen LogP contribution is 2.24. The number of aryl methyl sites for hydroxylation is 1. The van der Waals surface area contributed by atoms with Crippen LogP contribution < -0.4 is 0 Å². The Morgan fingerprint density at radius 1 is 1.33 bits per heavy atom. The summed E-state index contributed by atoms with van der Waals surface area (Å²) in [5.41, 5.74) is 2.55. The molecule has 1 aromatic heterocycles. The largest absolute Gasteiger partial charge is 0.361 e. The Hall–Kier alpha value is -0.950. The third-order valence-corrected chi connectivity index (χ3v) is 2.96. The fourth-order valence-electron chi connectivity index (χ4n) is 1.80. The molecule has 1 N–H and O–H groups in total. The van der Waals surface area contributed by atoms with Crippen LogP contribution in [0.15, 0.2) is 24.4 Å². The summed E-state index contributed by atoms with van der Waals surface area (Å²) in [4.78, 5) is 3.28. The Kier molecular flexibility index (Phi) is 3.01. The molecule has 0 saturated heterocycles. The minimum atomic E-state index is 0.745. The van der Waals surface area contributed by atoms with Gasteiger partial charge in [-0.2, -0.15) is 0 Å². The molecule has 0 saturated carbocycles. The highest BCUT2D eigenvalue weighted by molar-refractivity contribution is 6.31. The van der Waals surface area contributed by atoms with Crippen molar-refractivity contribution in [3.05, 3.63) is 35.0 Å². The number of aromatic amines is 1. The Bertz CT molecular complexity index is 457. The normalized spacial score (nSPS) is 11.5. The molecule has 0 bridgehead atoms. The topological polar surface area (TPSA) is 15.8 Å². The van der Waals surface area contributed by atoms with Gasteiger partial charge in [0.25, 0.3) is 0 Å². The van der Waals surface area contributed by atoms with Crippen molar-refractivity contribution in [2.24, 2.45) is 5.92 Å². The summed E-state index contributed by atoms with van der Waals surface area (Å²) in [6.45, 7) is 4.50. The molecule has 0 radical (unpaired) electrons. The van der Waals surface area contributed by atoms with Gasteiger partial charge in [-0.1, -0.05) is 25.4 Å². The second kappa shape index (κ2) is 4.28. The summed E-state index contributed by atoms with van der Waals surface area (Å²) in [6.07, 6.45) is 4.45. The Balaban J connectivity index is 2.31. The van der Waals surface area contributed by atoms with Crippen LogP contribution in [0.2, 0.25) is 5.02 Å². The first-order chi connectivity index (χ1) is 7.16. The average Bonchev–Trinajstić information content (AvgIpc) is 2.57. The monoisotopic (exact) mass is 221 g/mol. The zero-order valence-electron chi connectivity index (χ0n) is 9.18. The molecular weight excluding hydrogens is 206 g/mol. The number of rotatable bonds is 3. The molecule has 0 fully saturated rings. The van der Waals surface area contributed by atoms with Gasteiger partial charge in [0, 0.05) is 22.1 Å². The van der Waals surface area contributed by atoms with Crippen LogP contribution >= 0.6 is 11.6 Å². The van der Waals surface area contributed by atoms with Gasteiger partial charge in [0.15, 0.2) is 0 Å². The molecule has 1 nitrogen and oxygen atoms in total. The number of fused-ring (bicyclic) bond motifs is 1. The summed E-state index contributed by atoms with van der Waals surface area (Å²) in [6, 6.07) is 6.01. The van der Waals surface area contributed by atoms with E-state index in [1.165, 1.54) is 22.9 Å². The Morgan fingerprint density at radius 3 is 2.87 bits per heavy atom. The van der Waals surface area contributed by atoms with Gasteiger partial charge in [-0.05, 0) is 42.5 Å². The molecule has 0 aliphatic rings. The predicted octanol–water partition coefficient (Wildman–Crippen LogP) is 4.41. The number of aromatic nitrogens is 1. The van der Waals surface area contributed by atoms with E-state index in [4.69, 9.17) is 11.6 Å². The highest BCUT2D eigenvalue weighted by atomic mass is 35.5. The van der Waals surface area contributed by atoms with E-state index in [9.17, 15) is 0 Å². The van der Waals surface area contributed by atoms with Crippen LogP contribution in [0.3, 0.4) is 0 Å². The fraction of sp³-hybridized carbons (Fsp3) is 0.385. The van der Waals surface area contributed by atoms with E-state index in [1.807, 2.05) is 18.2 Å². The molecular formula is C13H16ClN. The van der Waals surface area contributed by atoms with Crippen molar-refractivity contribution in [3.63, 3.8) is 0 Å². The molecule has 1 heterocycles. The van der Waals surface area contributed by atoms with Gasteiger partial charge in [0.1, 0.15) is 0 Å². The van der Waals surface area contributed by atoms with E-state index in [1.54, 1.807) is 0 Å². The third kappa shape index (κ3) is 2.35. The maximum atomic E-state index is 6.00. The Morgan fingerprint density at radius 2 is 2.13 bits per heavy atom. The van der Waals surface area contributed by atoms with Crippen molar-refractivity contribution >= 4 is 22.5 Å². The molecule has 0 atom stereocenters. The summed E-state index contributed by atoms with van der Waals surface area (Å²) in [5.74, 6) is 0.745. The first-order valence-electron chi connectivity index (χ1n) is 5.42. The van der Waals surface area contributed by atoms with Crippen molar-refractivity contribution < 1.29 is 0 Å². The smallest absolute Gasteiger partial charge is 0.0457 e. The molecule has 15 heavy (non-hydrogen) atoms. The first-order valence-corrected chi connectivity index (χ1v) is 5.80. The van der Waals surface area contributed by atoms with Crippen molar-refractivity contribution in [1.82, 2.24) is 4.98 Å². The molecule has 0 aliphatic heterocycles. The lowest BCUT2D eigenvalue weighted by Crippen LogP contribution is -1.90. The van der Waals surface area contributed by atoms with Crippen molar-refractivity contribution in [3.8, 4) is 0 Å². The zero-order chi connectivity index (χ0) is 10.8. The van der Waals surface area contributed by atoms with Crippen LogP contribution in [0.4, 0.5) is 0 Å². The maximum absolute atomic E-state index is 6.00. The lowest BCUT2D eigenvalue weighted by atomic mass is 10.0. The highest BCUT2D eigenvalue weighted by Gasteiger charge is 2.04. The minimum absolute atomic E-state index is 0.745. The zero-order valence-corrected chi connectivity index (χ0v) is 9.93. The molecule has 0 unspecified atom stereocenters. The van der Waals surface area contributed by atoms with Gasteiger partial charge >= 0.3 is 0 Å². The second-order valence-corrected chi connectivity index (χ2v) is 4.87. The number of halogens is 1.